The van der Waals surface area contributed by atoms with Crippen molar-refractivity contribution in [1.82, 2.24) is 19.9 Å². The maximum Gasteiger partial charge on any atom is 0.259 e. The van der Waals surface area contributed by atoms with Crippen LogP contribution in [0.3, 0.4) is 0 Å². The molecule has 0 saturated heterocycles. The van der Waals surface area contributed by atoms with Crippen molar-refractivity contribution in [1.29, 1.82) is 0 Å². The summed E-state index contributed by atoms with van der Waals surface area (Å²) in [5.74, 6) is 1.25. The number of rotatable bonds is 3. The van der Waals surface area contributed by atoms with E-state index in [2.05, 4.69) is 19.9 Å². The number of aromatic amines is 1. The van der Waals surface area contributed by atoms with E-state index < -0.39 is 0 Å². The Labute approximate surface area is 143 Å². The van der Waals surface area contributed by atoms with Crippen molar-refractivity contribution in [3.63, 3.8) is 0 Å². The van der Waals surface area contributed by atoms with E-state index in [9.17, 15) is 4.79 Å². The second-order valence-corrected chi connectivity index (χ2v) is 8.16. The maximum absolute atomic E-state index is 12.3. The van der Waals surface area contributed by atoms with Crippen LogP contribution < -0.4 is 5.56 Å². The van der Waals surface area contributed by atoms with Gasteiger partial charge in [0.1, 0.15) is 22.0 Å². The lowest BCUT2D eigenvalue weighted by Gasteiger charge is -2.02. The summed E-state index contributed by atoms with van der Waals surface area (Å²) in [6.07, 6.45) is 1.57. The number of aromatic nitrogens is 4. The Hall–Kier alpha value is -1.77. The molecule has 4 heterocycles. The summed E-state index contributed by atoms with van der Waals surface area (Å²) in [6.45, 7) is 3.98. The van der Waals surface area contributed by atoms with Crippen LogP contribution in [0.25, 0.3) is 20.4 Å². The first-order valence-electron chi connectivity index (χ1n) is 6.93. The van der Waals surface area contributed by atoms with Crippen molar-refractivity contribution in [2.45, 2.75) is 24.6 Å². The molecule has 1 N–H and O–H groups in total. The van der Waals surface area contributed by atoms with Crippen molar-refractivity contribution in [3.05, 3.63) is 44.4 Å². The van der Waals surface area contributed by atoms with E-state index in [1.54, 1.807) is 40.8 Å². The van der Waals surface area contributed by atoms with Crippen LogP contribution in [-0.4, -0.2) is 19.9 Å². The molecule has 0 aliphatic carbocycles. The quantitative estimate of drug-likeness (QED) is 0.443. The zero-order valence-corrected chi connectivity index (χ0v) is 14.9. The number of thioether (sulfide) groups is 1. The molecule has 0 spiro atoms. The molecule has 116 valence electrons. The fourth-order valence-electron chi connectivity index (χ4n) is 2.37. The number of hydrogen-bond acceptors (Lipinski definition) is 7. The van der Waals surface area contributed by atoms with Crippen LogP contribution in [0.2, 0.25) is 0 Å². The van der Waals surface area contributed by atoms with Crippen LogP contribution >= 0.6 is 34.4 Å². The molecule has 4 rings (SSSR count). The summed E-state index contributed by atoms with van der Waals surface area (Å²) in [7, 11) is 0. The molecule has 8 heteroatoms. The minimum atomic E-state index is -0.0589. The van der Waals surface area contributed by atoms with Gasteiger partial charge in [-0.2, -0.15) is 0 Å². The van der Waals surface area contributed by atoms with Gasteiger partial charge in [0.25, 0.3) is 5.56 Å². The van der Waals surface area contributed by atoms with E-state index in [0.29, 0.717) is 17.0 Å². The molecule has 0 atom stereocenters. The topological polar surface area (TPSA) is 71.5 Å². The molecule has 0 aliphatic rings. The van der Waals surface area contributed by atoms with Crippen molar-refractivity contribution < 1.29 is 0 Å². The molecule has 0 aliphatic heterocycles. The van der Waals surface area contributed by atoms with E-state index in [1.807, 2.05) is 25.3 Å². The van der Waals surface area contributed by atoms with Crippen LogP contribution in [0.15, 0.2) is 27.6 Å². The van der Waals surface area contributed by atoms with E-state index in [-0.39, 0.29) is 5.56 Å². The van der Waals surface area contributed by atoms with Gasteiger partial charge in [-0.3, -0.25) is 4.79 Å². The zero-order chi connectivity index (χ0) is 16.0. The molecule has 0 radical (unpaired) electrons. The molecule has 23 heavy (non-hydrogen) atoms. The molecule has 0 bridgehead atoms. The highest BCUT2D eigenvalue weighted by molar-refractivity contribution is 7.98. The standard InChI is InChI=1S/C15H12N4OS3/c1-7-8(2)23-14-11(7)13(20)18-10(19-14)5-22-15-12-9(3-4-21-12)16-6-17-15/h3-4,6H,5H2,1-2H3,(H,18,19,20). The molecule has 4 aromatic heterocycles. The van der Waals surface area contributed by atoms with Gasteiger partial charge in [0.05, 0.1) is 21.4 Å². The normalized spacial score (nSPS) is 11.6. The molecule has 0 amide bonds. The first-order valence-corrected chi connectivity index (χ1v) is 9.61. The summed E-state index contributed by atoms with van der Waals surface area (Å²) < 4.78 is 1.07. The number of thiophene rings is 2. The summed E-state index contributed by atoms with van der Waals surface area (Å²) in [5.41, 5.74) is 1.92. The van der Waals surface area contributed by atoms with Gasteiger partial charge in [0, 0.05) is 4.88 Å². The van der Waals surface area contributed by atoms with E-state index in [1.165, 1.54) is 0 Å². The Morgan fingerprint density at radius 2 is 2.17 bits per heavy atom. The summed E-state index contributed by atoms with van der Waals surface area (Å²) in [6, 6.07) is 1.98. The first-order chi connectivity index (χ1) is 11.1. The number of nitrogens with one attached hydrogen (secondary N) is 1. The summed E-state index contributed by atoms with van der Waals surface area (Å²) >= 11 is 4.76. The molecule has 5 nitrogen and oxygen atoms in total. The smallest absolute Gasteiger partial charge is 0.259 e. The molecule has 4 aromatic rings. The Balaban J connectivity index is 1.68. The van der Waals surface area contributed by atoms with Crippen LogP contribution in [0.5, 0.6) is 0 Å². The number of hydrogen-bond donors (Lipinski definition) is 1. The first kappa shape index (κ1) is 14.8. The molecule has 0 fully saturated rings. The third-order valence-electron chi connectivity index (χ3n) is 3.64. The highest BCUT2D eigenvalue weighted by atomic mass is 32.2. The van der Waals surface area contributed by atoms with Gasteiger partial charge in [-0.15, -0.1) is 22.7 Å². The average Bonchev–Trinajstić information content (AvgIpc) is 3.11. The van der Waals surface area contributed by atoms with Crippen LogP contribution in [0, 0.1) is 13.8 Å². The fraction of sp³-hybridized carbons (Fsp3) is 0.200. The number of nitrogens with zero attached hydrogens (tertiary/aromatic N) is 3. The molecular formula is C15H12N4OS3. The van der Waals surface area contributed by atoms with Gasteiger partial charge in [-0.25, -0.2) is 15.0 Å². The van der Waals surface area contributed by atoms with Gasteiger partial charge in [0.15, 0.2) is 0 Å². The second kappa shape index (κ2) is 5.70. The zero-order valence-electron chi connectivity index (χ0n) is 12.4. The second-order valence-electron chi connectivity index (χ2n) is 5.08. The number of aryl methyl sites for hydroxylation is 2. The van der Waals surface area contributed by atoms with E-state index >= 15 is 0 Å². The van der Waals surface area contributed by atoms with Gasteiger partial charge in [-0.1, -0.05) is 11.8 Å². The monoisotopic (exact) mass is 360 g/mol. The number of H-pyrrole nitrogens is 1. The van der Waals surface area contributed by atoms with Crippen molar-refractivity contribution in [2.24, 2.45) is 0 Å². The minimum absolute atomic E-state index is 0.0589. The fourth-order valence-corrected chi connectivity index (χ4v) is 5.24. The molecular weight excluding hydrogens is 348 g/mol. The van der Waals surface area contributed by atoms with Crippen molar-refractivity contribution >= 4 is 54.9 Å². The lowest BCUT2D eigenvalue weighted by atomic mass is 10.2. The highest BCUT2D eigenvalue weighted by Crippen LogP contribution is 2.31. The predicted molar refractivity (Wildman–Crippen MR) is 96.7 cm³/mol. The third kappa shape index (κ3) is 2.56. The Morgan fingerprint density at radius 1 is 1.30 bits per heavy atom. The van der Waals surface area contributed by atoms with Crippen LogP contribution in [0.1, 0.15) is 16.3 Å². The SMILES string of the molecule is Cc1sc2nc(CSc3ncnc4ccsc34)[nH]c(=O)c2c1C. The predicted octanol–water partition coefficient (Wildman–Crippen LogP) is 3.90. The highest BCUT2D eigenvalue weighted by Gasteiger charge is 2.13. The van der Waals surface area contributed by atoms with Gasteiger partial charge in [0.2, 0.25) is 0 Å². The van der Waals surface area contributed by atoms with Crippen LogP contribution in [-0.2, 0) is 5.75 Å². The largest absolute Gasteiger partial charge is 0.309 e. The summed E-state index contributed by atoms with van der Waals surface area (Å²) in [5, 5.41) is 3.64. The van der Waals surface area contributed by atoms with Gasteiger partial charge < -0.3 is 4.98 Å². The Bertz CT molecular complexity index is 1080. The van der Waals surface area contributed by atoms with Crippen molar-refractivity contribution in [3.8, 4) is 0 Å². The lowest BCUT2D eigenvalue weighted by molar-refractivity contribution is 1.04. The maximum atomic E-state index is 12.3. The van der Waals surface area contributed by atoms with Crippen molar-refractivity contribution in [2.75, 3.05) is 0 Å². The molecule has 0 saturated carbocycles. The van der Waals surface area contributed by atoms with Gasteiger partial charge >= 0.3 is 0 Å². The van der Waals surface area contributed by atoms with Crippen LogP contribution in [0.4, 0.5) is 0 Å². The Morgan fingerprint density at radius 3 is 3.04 bits per heavy atom. The molecule has 0 unspecified atom stereocenters. The summed E-state index contributed by atoms with van der Waals surface area (Å²) in [4.78, 5) is 30.3. The third-order valence-corrected chi connectivity index (χ3v) is 6.79. The van der Waals surface area contributed by atoms with E-state index in [4.69, 9.17) is 0 Å². The number of fused-ring (bicyclic) bond motifs is 2. The lowest BCUT2D eigenvalue weighted by Crippen LogP contribution is -2.10. The minimum Gasteiger partial charge on any atom is -0.309 e. The Kier molecular flexibility index (Phi) is 3.67. The average molecular weight is 360 g/mol. The molecule has 0 aromatic carbocycles. The van der Waals surface area contributed by atoms with E-state index in [0.717, 1.165) is 30.5 Å². The van der Waals surface area contributed by atoms with Gasteiger partial charge in [-0.05, 0) is 30.9 Å².